The fraction of sp³-hybridized carbons (Fsp3) is 0.385. The average Bonchev–Trinajstić information content (AvgIpc) is 3.29. The fourth-order valence-corrected chi connectivity index (χ4v) is 4.70. The van der Waals surface area contributed by atoms with Crippen molar-refractivity contribution in [2.75, 3.05) is 7.11 Å². The molecule has 4 rings (SSSR count). The molecule has 2 aliphatic heterocycles. The molecule has 0 unspecified atom stereocenters. The van der Waals surface area contributed by atoms with Gasteiger partial charge in [0.1, 0.15) is 25.3 Å². The zero-order valence-electron chi connectivity index (χ0n) is 19.4. The number of fused-ring (bicyclic) bond motifs is 1. The first-order valence-electron chi connectivity index (χ1n) is 11.6. The van der Waals surface area contributed by atoms with Crippen molar-refractivity contribution in [3.63, 3.8) is 0 Å². The monoisotopic (exact) mass is 480 g/mol. The number of hydrogen-bond acceptors (Lipinski definition) is 7. The Morgan fingerprint density at radius 3 is 2.09 bits per heavy atom. The van der Waals surface area contributed by atoms with Gasteiger partial charge in [0.2, 0.25) is 5.91 Å². The van der Waals surface area contributed by atoms with Crippen molar-refractivity contribution < 1.29 is 33.4 Å². The third-order valence-corrected chi connectivity index (χ3v) is 6.42. The number of nitrogens with zero attached hydrogens (tertiary/aromatic N) is 1. The van der Waals surface area contributed by atoms with Crippen LogP contribution < -0.4 is 5.32 Å². The molecule has 2 heterocycles. The van der Waals surface area contributed by atoms with E-state index in [0.717, 1.165) is 11.1 Å². The number of hydrogen-bond donors (Lipinski definition) is 1. The summed E-state index contributed by atoms with van der Waals surface area (Å²) >= 11 is 0. The van der Waals surface area contributed by atoms with Gasteiger partial charge in [0, 0.05) is 6.04 Å². The molecule has 9 heteroatoms. The maximum atomic E-state index is 13.4. The van der Waals surface area contributed by atoms with Gasteiger partial charge in [0.05, 0.1) is 13.0 Å². The highest BCUT2D eigenvalue weighted by atomic mass is 16.6. The standard InChI is InChI=1S/C26H28N2O7/c1-33-24(30)20-14-19-12-13-21(27-26(32)35-16-18-10-6-3-7-11-18)23(29)28(19)22(20)25(31)34-15-17-8-4-2-5-9-17/h2-11,19-22H,12-16H2,1H3,(H,27,32)/t19-,20+,21-,22-/m0/s1. The van der Waals surface area contributed by atoms with Gasteiger partial charge in [-0.3, -0.25) is 9.59 Å². The highest BCUT2D eigenvalue weighted by Gasteiger charge is 2.54. The van der Waals surface area contributed by atoms with Gasteiger partial charge in [-0.1, -0.05) is 60.7 Å². The molecule has 35 heavy (non-hydrogen) atoms. The highest BCUT2D eigenvalue weighted by Crippen LogP contribution is 2.38. The zero-order valence-corrected chi connectivity index (χ0v) is 19.4. The molecule has 2 saturated heterocycles. The Morgan fingerprint density at radius 2 is 1.49 bits per heavy atom. The van der Waals surface area contributed by atoms with Gasteiger partial charge in [-0.15, -0.1) is 0 Å². The van der Waals surface area contributed by atoms with Crippen LogP contribution >= 0.6 is 0 Å². The number of benzene rings is 2. The smallest absolute Gasteiger partial charge is 0.408 e. The van der Waals surface area contributed by atoms with Crippen LogP contribution in [0, 0.1) is 5.92 Å². The molecule has 184 valence electrons. The quantitative estimate of drug-likeness (QED) is 0.479. The van der Waals surface area contributed by atoms with Crippen LogP contribution in [0.1, 0.15) is 30.4 Å². The first kappa shape index (κ1) is 24.3. The molecule has 0 spiro atoms. The van der Waals surface area contributed by atoms with Gasteiger partial charge < -0.3 is 24.4 Å². The second-order valence-electron chi connectivity index (χ2n) is 8.64. The average molecular weight is 481 g/mol. The van der Waals surface area contributed by atoms with Gasteiger partial charge in [0.15, 0.2) is 0 Å². The third kappa shape index (κ3) is 5.62. The second-order valence-corrected chi connectivity index (χ2v) is 8.64. The lowest BCUT2D eigenvalue weighted by molar-refractivity contribution is -0.163. The van der Waals surface area contributed by atoms with Crippen LogP contribution in [0.2, 0.25) is 0 Å². The van der Waals surface area contributed by atoms with E-state index in [4.69, 9.17) is 14.2 Å². The van der Waals surface area contributed by atoms with E-state index in [-0.39, 0.29) is 19.3 Å². The lowest BCUT2D eigenvalue weighted by atomic mass is 9.96. The summed E-state index contributed by atoms with van der Waals surface area (Å²) in [5.74, 6) is -2.51. The van der Waals surface area contributed by atoms with Gasteiger partial charge in [-0.25, -0.2) is 9.59 Å². The molecule has 0 saturated carbocycles. The molecule has 0 aliphatic carbocycles. The maximum absolute atomic E-state index is 13.4. The molecule has 2 aromatic carbocycles. The number of carbonyl (C=O) groups is 4. The van der Waals surface area contributed by atoms with Crippen molar-refractivity contribution in [1.29, 1.82) is 0 Å². The van der Waals surface area contributed by atoms with Crippen molar-refractivity contribution in [2.24, 2.45) is 5.92 Å². The Balaban J connectivity index is 1.43. The Labute approximate surface area is 203 Å². The molecule has 2 aromatic rings. The van der Waals surface area contributed by atoms with Crippen molar-refractivity contribution >= 4 is 23.9 Å². The molecular weight excluding hydrogens is 452 g/mol. The number of amides is 2. The van der Waals surface area contributed by atoms with E-state index in [0.29, 0.717) is 19.3 Å². The van der Waals surface area contributed by atoms with Gasteiger partial charge in [-0.05, 0) is 30.4 Å². The Morgan fingerprint density at radius 1 is 0.886 bits per heavy atom. The predicted octanol–water partition coefficient (Wildman–Crippen LogP) is 2.58. The number of piperidine rings is 1. The molecule has 2 aliphatic rings. The lowest BCUT2D eigenvalue weighted by Crippen LogP contribution is -2.58. The summed E-state index contributed by atoms with van der Waals surface area (Å²) in [7, 11) is 1.25. The Hall–Kier alpha value is -3.88. The van der Waals surface area contributed by atoms with Crippen LogP contribution in [-0.4, -0.2) is 54.1 Å². The first-order valence-corrected chi connectivity index (χ1v) is 11.6. The molecule has 4 atom stereocenters. The molecular formula is C26H28N2O7. The van der Waals surface area contributed by atoms with Crippen molar-refractivity contribution in [1.82, 2.24) is 10.2 Å². The number of esters is 2. The van der Waals surface area contributed by atoms with E-state index >= 15 is 0 Å². The van der Waals surface area contributed by atoms with Crippen molar-refractivity contribution in [3.8, 4) is 0 Å². The lowest BCUT2D eigenvalue weighted by Gasteiger charge is -2.37. The van der Waals surface area contributed by atoms with Gasteiger partial charge in [-0.2, -0.15) is 0 Å². The Kier molecular flexibility index (Phi) is 7.64. The molecule has 0 radical (unpaired) electrons. The molecule has 1 N–H and O–H groups in total. The zero-order chi connectivity index (χ0) is 24.8. The number of rotatable bonds is 7. The minimum absolute atomic E-state index is 0.0181. The topological polar surface area (TPSA) is 111 Å². The number of methoxy groups -OCH3 is 1. The summed E-state index contributed by atoms with van der Waals surface area (Å²) in [4.78, 5) is 52.7. The summed E-state index contributed by atoms with van der Waals surface area (Å²) in [6, 6.07) is 16.0. The molecule has 2 fully saturated rings. The Bertz CT molecular complexity index is 1060. The second kappa shape index (κ2) is 11.0. The normalized spacial score (nSPS) is 23.2. The fourth-order valence-electron chi connectivity index (χ4n) is 4.70. The van der Waals surface area contributed by atoms with Crippen LogP contribution in [0.25, 0.3) is 0 Å². The van der Waals surface area contributed by atoms with Gasteiger partial charge >= 0.3 is 18.0 Å². The summed E-state index contributed by atoms with van der Waals surface area (Å²) in [6.07, 6.45) is 0.470. The van der Waals surface area contributed by atoms with Crippen molar-refractivity contribution in [3.05, 3.63) is 71.8 Å². The van der Waals surface area contributed by atoms with Gasteiger partial charge in [0.25, 0.3) is 0 Å². The van der Waals surface area contributed by atoms with E-state index in [1.807, 2.05) is 60.7 Å². The molecule has 0 bridgehead atoms. The molecule has 0 aromatic heterocycles. The van der Waals surface area contributed by atoms with Crippen LogP contribution in [0.3, 0.4) is 0 Å². The third-order valence-electron chi connectivity index (χ3n) is 6.42. The highest BCUT2D eigenvalue weighted by molar-refractivity contribution is 5.94. The molecule has 2 amide bonds. The molecule has 9 nitrogen and oxygen atoms in total. The van der Waals surface area contributed by atoms with Crippen LogP contribution in [0.5, 0.6) is 0 Å². The number of carbonyl (C=O) groups excluding carboxylic acids is 4. The minimum atomic E-state index is -1.12. The summed E-state index contributed by atoms with van der Waals surface area (Å²) in [5, 5.41) is 2.61. The van der Waals surface area contributed by atoms with Crippen LogP contribution in [0.15, 0.2) is 60.7 Å². The first-order chi connectivity index (χ1) is 17.0. The maximum Gasteiger partial charge on any atom is 0.408 e. The predicted molar refractivity (Wildman–Crippen MR) is 124 cm³/mol. The number of ether oxygens (including phenoxy) is 3. The summed E-state index contributed by atoms with van der Waals surface area (Å²) in [6.45, 7) is 0.0863. The SMILES string of the molecule is COC(=O)[C@@H]1C[C@@H]2CC[C@H](NC(=O)OCc3ccccc3)C(=O)N2[C@@H]1C(=O)OCc1ccccc1. The minimum Gasteiger partial charge on any atom is -0.469 e. The van der Waals surface area contributed by atoms with E-state index in [1.165, 1.54) is 12.0 Å². The summed E-state index contributed by atoms with van der Waals surface area (Å²) < 4.78 is 15.6. The van der Waals surface area contributed by atoms with Crippen LogP contribution in [-0.2, 0) is 41.8 Å². The van der Waals surface area contributed by atoms with E-state index < -0.39 is 41.9 Å². The largest absolute Gasteiger partial charge is 0.469 e. The van der Waals surface area contributed by atoms with Crippen LogP contribution in [0.4, 0.5) is 4.79 Å². The number of alkyl carbamates (subject to hydrolysis) is 1. The van der Waals surface area contributed by atoms with E-state index in [9.17, 15) is 19.2 Å². The van der Waals surface area contributed by atoms with E-state index in [1.54, 1.807) is 0 Å². The van der Waals surface area contributed by atoms with Crippen molar-refractivity contribution in [2.45, 2.75) is 50.6 Å². The van der Waals surface area contributed by atoms with E-state index in [2.05, 4.69) is 5.32 Å². The number of nitrogens with one attached hydrogen (secondary N) is 1. The summed E-state index contributed by atoms with van der Waals surface area (Å²) in [5.41, 5.74) is 1.61.